The lowest BCUT2D eigenvalue weighted by Crippen LogP contribution is -2.08. The average molecular weight is 275 g/mol. The van der Waals surface area contributed by atoms with Crippen LogP contribution in [-0.4, -0.2) is 44.5 Å². The Morgan fingerprint density at radius 1 is 1.30 bits per heavy atom. The van der Waals surface area contributed by atoms with E-state index in [0.717, 1.165) is 0 Å². The monoisotopic (exact) mass is 275 g/mol. The van der Waals surface area contributed by atoms with E-state index < -0.39 is 5.97 Å². The minimum atomic E-state index is -0.390. The molecular formula is C12H13N5O3. The van der Waals surface area contributed by atoms with Crippen LogP contribution in [0, 0.1) is 0 Å². The van der Waals surface area contributed by atoms with Gasteiger partial charge in [-0.15, -0.1) is 10.2 Å². The molecule has 2 heterocycles. The Morgan fingerprint density at radius 2 is 2.15 bits per heavy atom. The molecule has 0 radical (unpaired) electrons. The van der Waals surface area contributed by atoms with E-state index in [9.17, 15) is 9.59 Å². The van der Waals surface area contributed by atoms with Gasteiger partial charge in [0.05, 0.1) is 13.5 Å². The van der Waals surface area contributed by atoms with Crippen LogP contribution in [0.25, 0.3) is 11.4 Å². The number of ketones is 1. The van der Waals surface area contributed by atoms with Crippen molar-refractivity contribution in [1.82, 2.24) is 25.6 Å². The molecule has 2 rings (SSSR count). The van der Waals surface area contributed by atoms with Crippen molar-refractivity contribution in [1.29, 1.82) is 0 Å². The van der Waals surface area contributed by atoms with Gasteiger partial charge >= 0.3 is 5.97 Å². The summed E-state index contributed by atoms with van der Waals surface area (Å²) in [7, 11) is 1.30. The molecular weight excluding hydrogens is 262 g/mol. The van der Waals surface area contributed by atoms with Crippen molar-refractivity contribution in [2.24, 2.45) is 0 Å². The molecule has 0 aromatic carbocycles. The molecule has 1 N–H and O–H groups in total. The highest BCUT2D eigenvalue weighted by atomic mass is 16.5. The number of hydrogen-bond acceptors (Lipinski definition) is 7. The number of carbonyl (C=O) groups excluding carboxylic acids is 2. The molecule has 0 fully saturated rings. The number of hydrogen-bond donors (Lipinski definition) is 1. The van der Waals surface area contributed by atoms with Crippen molar-refractivity contribution in [3.05, 3.63) is 24.0 Å². The van der Waals surface area contributed by atoms with Crippen molar-refractivity contribution < 1.29 is 14.3 Å². The minimum Gasteiger partial charge on any atom is -0.469 e. The van der Waals surface area contributed by atoms with Gasteiger partial charge in [0.25, 0.3) is 0 Å². The van der Waals surface area contributed by atoms with E-state index in [4.69, 9.17) is 0 Å². The maximum atomic E-state index is 11.7. The Morgan fingerprint density at radius 3 is 2.75 bits per heavy atom. The quantitative estimate of drug-likeness (QED) is 0.756. The highest BCUT2D eigenvalue weighted by Gasteiger charge is 2.09. The van der Waals surface area contributed by atoms with Crippen LogP contribution < -0.4 is 0 Å². The van der Waals surface area contributed by atoms with E-state index in [0.29, 0.717) is 17.1 Å². The maximum Gasteiger partial charge on any atom is 0.305 e. The van der Waals surface area contributed by atoms with Crippen LogP contribution >= 0.6 is 0 Å². The fraction of sp³-hybridized carbons (Fsp3) is 0.333. The molecule has 0 aliphatic rings. The SMILES string of the molecule is COC(=O)CCC(=O)Cc1ccc(-c2nn[nH]n2)cn1. The second-order valence-electron chi connectivity index (χ2n) is 4.07. The van der Waals surface area contributed by atoms with Crippen LogP contribution in [0.2, 0.25) is 0 Å². The number of rotatable bonds is 6. The van der Waals surface area contributed by atoms with Gasteiger partial charge in [0.2, 0.25) is 5.82 Å². The molecule has 0 bridgehead atoms. The van der Waals surface area contributed by atoms with Gasteiger partial charge in [-0.3, -0.25) is 14.6 Å². The number of nitrogens with zero attached hydrogens (tertiary/aromatic N) is 4. The predicted octanol–water partition coefficient (Wildman–Crippen LogP) is 0.326. The summed E-state index contributed by atoms with van der Waals surface area (Å²) in [6.07, 6.45) is 2.01. The number of carbonyl (C=O) groups is 2. The normalized spacial score (nSPS) is 10.2. The highest BCUT2D eigenvalue weighted by Crippen LogP contribution is 2.12. The van der Waals surface area contributed by atoms with Crippen molar-refractivity contribution in [3.63, 3.8) is 0 Å². The maximum absolute atomic E-state index is 11.7. The van der Waals surface area contributed by atoms with Crippen LogP contribution in [0.15, 0.2) is 18.3 Å². The fourth-order valence-electron chi connectivity index (χ4n) is 1.58. The van der Waals surface area contributed by atoms with E-state index in [1.165, 1.54) is 7.11 Å². The molecule has 0 atom stereocenters. The summed E-state index contributed by atoms with van der Waals surface area (Å²) >= 11 is 0. The molecule has 0 aliphatic heterocycles. The Bertz CT molecular complexity index is 580. The van der Waals surface area contributed by atoms with Gasteiger partial charge in [-0.05, 0) is 17.3 Å². The summed E-state index contributed by atoms with van der Waals surface area (Å²) in [5, 5.41) is 13.5. The number of pyridine rings is 1. The molecule has 0 amide bonds. The third-order valence-corrected chi connectivity index (χ3v) is 2.64. The molecule has 104 valence electrons. The van der Waals surface area contributed by atoms with Crippen molar-refractivity contribution in [2.45, 2.75) is 19.3 Å². The number of aromatic amines is 1. The number of tetrazole rings is 1. The number of aromatic nitrogens is 5. The lowest BCUT2D eigenvalue weighted by molar-refractivity contribution is -0.141. The van der Waals surface area contributed by atoms with Crippen LogP contribution in [0.4, 0.5) is 0 Å². The summed E-state index contributed by atoms with van der Waals surface area (Å²) in [5.41, 5.74) is 1.34. The molecule has 0 spiro atoms. The van der Waals surface area contributed by atoms with Crippen LogP contribution in [0.3, 0.4) is 0 Å². The van der Waals surface area contributed by atoms with Crippen molar-refractivity contribution >= 4 is 11.8 Å². The number of Topliss-reactive ketones (excluding diaryl/α,β-unsaturated/α-hetero) is 1. The Hall–Kier alpha value is -2.64. The van der Waals surface area contributed by atoms with Crippen LogP contribution in [0.5, 0.6) is 0 Å². The summed E-state index contributed by atoms with van der Waals surface area (Å²) in [6.45, 7) is 0. The molecule has 0 aliphatic carbocycles. The molecule has 20 heavy (non-hydrogen) atoms. The van der Waals surface area contributed by atoms with Crippen LogP contribution in [-0.2, 0) is 20.7 Å². The van der Waals surface area contributed by atoms with Crippen molar-refractivity contribution in [2.75, 3.05) is 7.11 Å². The second kappa shape index (κ2) is 6.50. The summed E-state index contributed by atoms with van der Waals surface area (Å²) in [5.74, 6) is -0.00459. The van der Waals surface area contributed by atoms with Gasteiger partial charge in [0, 0.05) is 30.3 Å². The van der Waals surface area contributed by atoms with Gasteiger partial charge in [-0.25, -0.2) is 0 Å². The zero-order chi connectivity index (χ0) is 14.4. The molecule has 8 heteroatoms. The fourth-order valence-corrected chi connectivity index (χ4v) is 1.58. The highest BCUT2D eigenvalue weighted by molar-refractivity contribution is 5.84. The number of ether oxygens (including phenoxy) is 1. The van der Waals surface area contributed by atoms with E-state index in [2.05, 4.69) is 30.3 Å². The number of H-pyrrole nitrogens is 1. The van der Waals surface area contributed by atoms with E-state index in [-0.39, 0.29) is 25.0 Å². The zero-order valence-electron chi connectivity index (χ0n) is 10.9. The molecule has 2 aromatic rings. The molecule has 8 nitrogen and oxygen atoms in total. The Labute approximate surface area is 114 Å². The molecule has 0 saturated carbocycles. The number of methoxy groups -OCH3 is 1. The first-order valence-corrected chi connectivity index (χ1v) is 5.96. The van der Waals surface area contributed by atoms with Gasteiger partial charge in [0.1, 0.15) is 5.78 Å². The van der Waals surface area contributed by atoms with E-state index in [1.807, 2.05) is 0 Å². The van der Waals surface area contributed by atoms with E-state index in [1.54, 1.807) is 18.3 Å². The smallest absolute Gasteiger partial charge is 0.305 e. The minimum absolute atomic E-state index is 0.0600. The summed E-state index contributed by atoms with van der Waals surface area (Å²) < 4.78 is 4.48. The zero-order valence-corrected chi connectivity index (χ0v) is 10.9. The Kier molecular flexibility index (Phi) is 4.48. The van der Waals surface area contributed by atoms with Crippen LogP contribution in [0.1, 0.15) is 18.5 Å². The second-order valence-corrected chi connectivity index (χ2v) is 4.07. The topological polar surface area (TPSA) is 111 Å². The standard InChI is InChI=1S/C12H13N5O3/c1-20-11(19)5-4-10(18)6-9-3-2-8(7-13-9)12-14-16-17-15-12/h2-3,7H,4-6H2,1H3,(H,14,15,16,17). The molecule has 0 saturated heterocycles. The van der Waals surface area contributed by atoms with E-state index >= 15 is 0 Å². The number of esters is 1. The van der Waals surface area contributed by atoms with Crippen molar-refractivity contribution in [3.8, 4) is 11.4 Å². The largest absolute Gasteiger partial charge is 0.469 e. The van der Waals surface area contributed by atoms with Gasteiger partial charge in [-0.2, -0.15) is 5.21 Å². The lowest BCUT2D eigenvalue weighted by Gasteiger charge is -2.01. The molecule has 0 unspecified atom stereocenters. The van der Waals surface area contributed by atoms with Gasteiger partial charge in [-0.1, -0.05) is 0 Å². The summed E-state index contributed by atoms with van der Waals surface area (Å²) in [6, 6.07) is 3.49. The Balaban J connectivity index is 1.90. The molecule has 2 aromatic heterocycles. The first-order valence-electron chi connectivity index (χ1n) is 5.96. The predicted molar refractivity (Wildman–Crippen MR) is 67.4 cm³/mol. The first kappa shape index (κ1) is 13.8. The third kappa shape index (κ3) is 3.67. The third-order valence-electron chi connectivity index (χ3n) is 2.64. The number of nitrogens with one attached hydrogen (secondary N) is 1. The summed E-state index contributed by atoms with van der Waals surface area (Å²) in [4.78, 5) is 26.8. The van der Waals surface area contributed by atoms with Gasteiger partial charge < -0.3 is 4.74 Å². The first-order chi connectivity index (χ1) is 9.69. The van der Waals surface area contributed by atoms with Gasteiger partial charge in [0.15, 0.2) is 0 Å². The lowest BCUT2D eigenvalue weighted by atomic mass is 10.1. The average Bonchev–Trinajstić information content (AvgIpc) is 2.99.